The molecule has 0 aliphatic carbocycles. The average Bonchev–Trinajstić information content (AvgIpc) is 2.54. The van der Waals surface area contributed by atoms with E-state index in [0.717, 1.165) is 37.7 Å². The summed E-state index contributed by atoms with van der Waals surface area (Å²) in [5, 5.41) is 4.73. The van der Waals surface area contributed by atoms with Gasteiger partial charge in [-0.1, -0.05) is 11.6 Å². The van der Waals surface area contributed by atoms with Crippen molar-refractivity contribution < 1.29 is 0 Å². The van der Waals surface area contributed by atoms with Crippen LogP contribution in [-0.4, -0.2) is 40.9 Å². The summed E-state index contributed by atoms with van der Waals surface area (Å²) in [6, 6.07) is 3.77. The summed E-state index contributed by atoms with van der Waals surface area (Å²) in [6.07, 6.45) is 3.38. The Morgan fingerprint density at radius 2 is 1.82 bits per heavy atom. The Hall–Kier alpha value is -1.60. The number of anilines is 2. The molecule has 1 aliphatic heterocycles. The second-order valence-corrected chi connectivity index (χ2v) is 6.31. The van der Waals surface area contributed by atoms with Gasteiger partial charge in [-0.3, -0.25) is 4.79 Å². The lowest BCUT2D eigenvalue weighted by Crippen LogP contribution is -2.47. The van der Waals surface area contributed by atoms with Crippen molar-refractivity contribution >= 4 is 39.0 Å². The lowest BCUT2D eigenvalue weighted by atomic mass is 10.2. The molecule has 1 fully saturated rings. The molecule has 0 saturated carbocycles. The number of hydrogen-bond donors (Lipinski definition) is 0. The first-order valence-electron chi connectivity index (χ1n) is 6.89. The molecule has 22 heavy (non-hydrogen) atoms. The number of halogens is 2. The Morgan fingerprint density at radius 1 is 1.14 bits per heavy atom. The van der Waals surface area contributed by atoms with Crippen LogP contribution in [0.25, 0.3) is 0 Å². The van der Waals surface area contributed by atoms with E-state index in [1.54, 1.807) is 19.4 Å². The lowest BCUT2D eigenvalue weighted by Gasteiger charge is -2.36. The van der Waals surface area contributed by atoms with Gasteiger partial charge in [0.1, 0.15) is 10.3 Å². The van der Waals surface area contributed by atoms with Crippen LogP contribution in [0, 0.1) is 0 Å². The van der Waals surface area contributed by atoms with Gasteiger partial charge in [-0.2, -0.15) is 5.10 Å². The Morgan fingerprint density at radius 3 is 2.45 bits per heavy atom. The molecule has 3 heterocycles. The van der Waals surface area contributed by atoms with Crippen molar-refractivity contribution in [2.24, 2.45) is 7.05 Å². The molecule has 1 aliphatic rings. The van der Waals surface area contributed by atoms with Crippen molar-refractivity contribution in [2.45, 2.75) is 0 Å². The third-order valence-corrected chi connectivity index (χ3v) is 4.68. The standard InChI is InChI=1S/C14H15BrClN5O/c1-19-14(22)13(15)11(9-18-19)20-4-6-21(7-5-20)12-3-2-10(16)8-17-12/h2-3,8-9H,4-7H2,1H3. The van der Waals surface area contributed by atoms with Gasteiger partial charge in [-0.25, -0.2) is 9.67 Å². The second kappa shape index (κ2) is 6.26. The quantitative estimate of drug-likeness (QED) is 0.792. The van der Waals surface area contributed by atoms with Crippen molar-refractivity contribution in [3.63, 3.8) is 0 Å². The van der Waals surface area contributed by atoms with Crippen molar-refractivity contribution in [2.75, 3.05) is 36.0 Å². The van der Waals surface area contributed by atoms with Crippen molar-refractivity contribution in [1.82, 2.24) is 14.8 Å². The summed E-state index contributed by atoms with van der Waals surface area (Å²) in [6.45, 7) is 3.27. The zero-order valence-corrected chi connectivity index (χ0v) is 14.4. The third-order valence-electron chi connectivity index (χ3n) is 3.72. The summed E-state index contributed by atoms with van der Waals surface area (Å²) in [5.41, 5.74) is 0.714. The van der Waals surface area contributed by atoms with Crippen LogP contribution >= 0.6 is 27.5 Å². The SMILES string of the molecule is Cn1ncc(N2CCN(c3ccc(Cl)cn3)CC2)c(Br)c1=O. The predicted octanol–water partition coefficient (Wildman–Crippen LogP) is 1.92. The van der Waals surface area contributed by atoms with Gasteiger partial charge in [0.2, 0.25) is 0 Å². The smallest absolute Gasteiger partial charge is 0.282 e. The van der Waals surface area contributed by atoms with Crippen molar-refractivity contribution in [3.05, 3.63) is 44.4 Å². The molecular weight excluding hydrogens is 370 g/mol. The summed E-state index contributed by atoms with van der Waals surface area (Å²) in [5.74, 6) is 0.921. The molecule has 6 nitrogen and oxygen atoms in total. The van der Waals surface area contributed by atoms with Crippen LogP contribution in [-0.2, 0) is 7.05 Å². The highest BCUT2D eigenvalue weighted by molar-refractivity contribution is 9.10. The number of hydrogen-bond acceptors (Lipinski definition) is 5. The molecule has 2 aromatic heterocycles. The van der Waals surface area contributed by atoms with Crippen LogP contribution in [0.3, 0.4) is 0 Å². The van der Waals surface area contributed by atoms with E-state index in [1.807, 2.05) is 12.1 Å². The van der Waals surface area contributed by atoms with E-state index in [9.17, 15) is 4.79 Å². The second-order valence-electron chi connectivity index (χ2n) is 5.08. The van der Waals surface area contributed by atoms with Gasteiger partial charge in [0.25, 0.3) is 5.56 Å². The summed E-state index contributed by atoms with van der Waals surface area (Å²) in [7, 11) is 1.64. The highest BCUT2D eigenvalue weighted by Crippen LogP contribution is 2.24. The Balaban J connectivity index is 1.73. The highest BCUT2D eigenvalue weighted by atomic mass is 79.9. The molecule has 0 atom stereocenters. The molecule has 0 aromatic carbocycles. The van der Waals surface area contributed by atoms with Crippen LogP contribution in [0.2, 0.25) is 5.02 Å². The van der Waals surface area contributed by atoms with Crippen LogP contribution in [0.1, 0.15) is 0 Å². The zero-order chi connectivity index (χ0) is 15.7. The number of pyridine rings is 1. The number of piperazine rings is 1. The van der Waals surface area contributed by atoms with Gasteiger partial charge in [-0.05, 0) is 28.1 Å². The number of aryl methyl sites for hydroxylation is 1. The molecule has 0 unspecified atom stereocenters. The molecule has 116 valence electrons. The highest BCUT2D eigenvalue weighted by Gasteiger charge is 2.21. The maximum Gasteiger partial charge on any atom is 0.282 e. The Kier molecular flexibility index (Phi) is 4.35. The van der Waals surface area contributed by atoms with Gasteiger partial charge in [-0.15, -0.1) is 0 Å². The molecule has 0 spiro atoms. The van der Waals surface area contributed by atoms with E-state index in [4.69, 9.17) is 11.6 Å². The summed E-state index contributed by atoms with van der Waals surface area (Å²) >= 11 is 9.24. The van der Waals surface area contributed by atoms with Crippen LogP contribution < -0.4 is 15.4 Å². The summed E-state index contributed by atoms with van der Waals surface area (Å²) in [4.78, 5) is 20.6. The van der Waals surface area contributed by atoms with Crippen molar-refractivity contribution in [3.8, 4) is 0 Å². The van der Waals surface area contributed by atoms with E-state index >= 15 is 0 Å². The number of nitrogens with zero attached hydrogens (tertiary/aromatic N) is 5. The first-order chi connectivity index (χ1) is 10.6. The van der Waals surface area contributed by atoms with E-state index in [-0.39, 0.29) is 5.56 Å². The number of aromatic nitrogens is 3. The monoisotopic (exact) mass is 383 g/mol. The van der Waals surface area contributed by atoms with Gasteiger partial charge in [0.05, 0.1) is 16.9 Å². The van der Waals surface area contributed by atoms with Gasteiger partial charge in [0, 0.05) is 39.4 Å². The van der Waals surface area contributed by atoms with Crippen LogP contribution in [0.15, 0.2) is 33.8 Å². The normalized spacial score (nSPS) is 15.2. The third kappa shape index (κ3) is 2.96. The molecule has 3 rings (SSSR count). The lowest BCUT2D eigenvalue weighted by molar-refractivity contribution is 0.636. The van der Waals surface area contributed by atoms with Crippen molar-refractivity contribution in [1.29, 1.82) is 0 Å². The molecule has 0 bridgehead atoms. The van der Waals surface area contributed by atoms with E-state index < -0.39 is 0 Å². The molecule has 0 N–H and O–H groups in total. The minimum absolute atomic E-state index is 0.126. The number of rotatable bonds is 2. The molecule has 1 saturated heterocycles. The van der Waals surface area contributed by atoms with E-state index in [2.05, 4.69) is 35.8 Å². The van der Waals surface area contributed by atoms with E-state index in [1.165, 1.54) is 4.68 Å². The topological polar surface area (TPSA) is 54.3 Å². The van der Waals surface area contributed by atoms with Gasteiger partial charge in [0.15, 0.2) is 0 Å². The molecule has 8 heteroatoms. The fourth-order valence-corrected chi connectivity index (χ4v) is 3.18. The predicted molar refractivity (Wildman–Crippen MR) is 90.9 cm³/mol. The Bertz CT molecular complexity index is 725. The molecular formula is C14H15BrClN5O. The molecule has 0 radical (unpaired) electrons. The maximum atomic E-state index is 11.9. The zero-order valence-electron chi connectivity index (χ0n) is 12.0. The van der Waals surface area contributed by atoms with Crippen LogP contribution in [0.5, 0.6) is 0 Å². The minimum Gasteiger partial charge on any atom is -0.366 e. The van der Waals surface area contributed by atoms with E-state index in [0.29, 0.717) is 9.50 Å². The molecule has 0 amide bonds. The fraction of sp³-hybridized carbons (Fsp3) is 0.357. The first-order valence-corrected chi connectivity index (χ1v) is 8.06. The average molecular weight is 385 g/mol. The largest absolute Gasteiger partial charge is 0.366 e. The fourth-order valence-electron chi connectivity index (χ4n) is 2.45. The maximum absolute atomic E-state index is 11.9. The van der Waals surface area contributed by atoms with Gasteiger partial charge < -0.3 is 9.80 Å². The van der Waals surface area contributed by atoms with Gasteiger partial charge >= 0.3 is 0 Å². The Labute approximate surface area is 141 Å². The summed E-state index contributed by atoms with van der Waals surface area (Å²) < 4.78 is 1.88. The van der Waals surface area contributed by atoms with Crippen LogP contribution in [0.4, 0.5) is 11.5 Å². The first kappa shape index (κ1) is 15.3. The minimum atomic E-state index is -0.126. The molecule has 2 aromatic rings.